The van der Waals surface area contributed by atoms with Crippen LogP contribution in [0.2, 0.25) is 0 Å². The van der Waals surface area contributed by atoms with E-state index in [9.17, 15) is 14.7 Å². The second-order valence-electron chi connectivity index (χ2n) is 3.88. The van der Waals surface area contributed by atoms with Gasteiger partial charge < -0.3 is 9.84 Å². The van der Waals surface area contributed by atoms with Gasteiger partial charge in [0, 0.05) is 18.6 Å². The van der Waals surface area contributed by atoms with Crippen LogP contribution in [0.15, 0.2) is 23.5 Å². The van der Waals surface area contributed by atoms with Gasteiger partial charge in [-0.1, -0.05) is 6.58 Å². The third-order valence-electron chi connectivity index (χ3n) is 2.73. The summed E-state index contributed by atoms with van der Waals surface area (Å²) < 4.78 is 6.23. The zero-order valence-electron chi connectivity index (χ0n) is 9.47. The first-order chi connectivity index (χ1) is 8.04. The minimum Gasteiger partial charge on any atom is -0.508 e. The summed E-state index contributed by atoms with van der Waals surface area (Å²) in [4.78, 5) is 23.5. The molecule has 1 N–H and O–H groups in total. The van der Waals surface area contributed by atoms with E-state index in [2.05, 4.69) is 6.58 Å². The average molecular weight is 235 g/mol. The molecule has 0 fully saturated rings. The number of esters is 1. The Bertz CT molecular complexity index is 544. The maximum absolute atomic E-state index is 11.8. The number of ether oxygens (including phenoxy) is 1. The van der Waals surface area contributed by atoms with E-state index in [0.717, 1.165) is 6.07 Å². The topological polar surface area (TPSA) is 68.5 Å². The molecular formula is C12H13NO4. The fourth-order valence-electron chi connectivity index (χ4n) is 2.02. The van der Waals surface area contributed by atoms with Gasteiger partial charge >= 0.3 is 5.97 Å². The van der Waals surface area contributed by atoms with E-state index in [-0.39, 0.29) is 12.4 Å². The number of pyridine rings is 1. The van der Waals surface area contributed by atoms with Crippen LogP contribution in [-0.4, -0.2) is 22.2 Å². The summed E-state index contributed by atoms with van der Waals surface area (Å²) in [6.45, 7) is 5.77. The standard InChI is InChI=1S/C12H13NO4/c1-3-17-12(16)10-4-7(2)9-5-8(14)6-11(15)13(9)10/h5-6,10,14H,2-4H2,1H3. The van der Waals surface area contributed by atoms with Crippen molar-refractivity contribution >= 4 is 11.5 Å². The predicted molar refractivity (Wildman–Crippen MR) is 61.7 cm³/mol. The Balaban J connectivity index is 2.51. The number of aromatic nitrogens is 1. The Morgan fingerprint density at radius 1 is 1.65 bits per heavy atom. The van der Waals surface area contributed by atoms with Gasteiger partial charge in [-0.15, -0.1) is 0 Å². The summed E-state index contributed by atoms with van der Waals surface area (Å²) in [5.74, 6) is -0.563. The molecule has 0 bridgehead atoms. The molecule has 1 atom stereocenters. The van der Waals surface area contributed by atoms with Gasteiger partial charge in [0.25, 0.3) is 5.56 Å². The van der Waals surface area contributed by atoms with Crippen molar-refractivity contribution < 1.29 is 14.6 Å². The zero-order valence-corrected chi connectivity index (χ0v) is 9.47. The van der Waals surface area contributed by atoms with Crippen LogP contribution in [0.3, 0.4) is 0 Å². The Morgan fingerprint density at radius 3 is 3.00 bits per heavy atom. The first-order valence-electron chi connectivity index (χ1n) is 5.35. The average Bonchev–Trinajstić information content (AvgIpc) is 2.57. The molecule has 0 amide bonds. The van der Waals surface area contributed by atoms with Gasteiger partial charge in [-0.25, -0.2) is 4.79 Å². The Hall–Kier alpha value is -2.04. The van der Waals surface area contributed by atoms with Crippen molar-refractivity contribution in [3.8, 4) is 5.75 Å². The SMILES string of the molecule is C=C1CC(C(=O)OCC)n2c1cc(O)cc2=O. The lowest BCUT2D eigenvalue weighted by atomic mass is 10.1. The number of rotatable bonds is 2. The van der Waals surface area contributed by atoms with Crippen LogP contribution in [0.25, 0.3) is 5.57 Å². The molecule has 0 saturated carbocycles. The molecule has 1 aliphatic heterocycles. The molecule has 0 aromatic carbocycles. The highest BCUT2D eigenvalue weighted by Gasteiger charge is 2.32. The fraction of sp³-hybridized carbons (Fsp3) is 0.333. The fourth-order valence-corrected chi connectivity index (χ4v) is 2.02. The summed E-state index contributed by atoms with van der Waals surface area (Å²) >= 11 is 0. The first kappa shape index (κ1) is 11.4. The number of carbonyl (C=O) groups is 1. The smallest absolute Gasteiger partial charge is 0.329 e. The maximum Gasteiger partial charge on any atom is 0.329 e. The molecule has 0 radical (unpaired) electrons. The van der Waals surface area contributed by atoms with E-state index < -0.39 is 17.6 Å². The molecule has 90 valence electrons. The van der Waals surface area contributed by atoms with Crippen molar-refractivity contribution in [2.75, 3.05) is 6.61 Å². The summed E-state index contributed by atoms with van der Waals surface area (Å²) in [6.07, 6.45) is 0.345. The number of carbonyl (C=O) groups excluding carboxylic acids is 1. The molecule has 0 saturated heterocycles. The summed E-state index contributed by atoms with van der Waals surface area (Å²) in [6, 6.07) is 1.85. The van der Waals surface area contributed by atoms with Crippen molar-refractivity contribution in [2.24, 2.45) is 0 Å². The molecule has 5 nitrogen and oxygen atoms in total. The summed E-state index contributed by atoms with van der Waals surface area (Å²) in [5, 5.41) is 9.35. The van der Waals surface area contributed by atoms with E-state index in [1.165, 1.54) is 10.6 Å². The van der Waals surface area contributed by atoms with Crippen LogP contribution < -0.4 is 5.56 Å². The number of nitrogens with zero attached hydrogens (tertiary/aromatic N) is 1. The second kappa shape index (κ2) is 4.08. The van der Waals surface area contributed by atoms with Crippen molar-refractivity contribution in [1.82, 2.24) is 4.57 Å². The lowest BCUT2D eigenvalue weighted by Crippen LogP contribution is -2.28. The van der Waals surface area contributed by atoms with Crippen molar-refractivity contribution in [1.29, 1.82) is 0 Å². The van der Waals surface area contributed by atoms with Crippen LogP contribution in [0.4, 0.5) is 0 Å². The summed E-state index contributed by atoms with van der Waals surface area (Å²) in [7, 11) is 0. The van der Waals surface area contributed by atoms with Crippen molar-refractivity contribution in [3.05, 3.63) is 34.8 Å². The van der Waals surface area contributed by atoms with Crippen LogP contribution in [-0.2, 0) is 9.53 Å². The molecular weight excluding hydrogens is 222 g/mol. The van der Waals surface area contributed by atoms with Gasteiger partial charge in [0.1, 0.15) is 11.8 Å². The molecule has 1 aliphatic rings. The highest BCUT2D eigenvalue weighted by molar-refractivity contribution is 5.81. The van der Waals surface area contributed by atoms with E-state index >= 15 is 0 Å². The van der Waals surface area contributed by atoms with Crippen molar-refractivity contribution in [3.63, 3.8) is 0 Å². The van der Waals surface area contributed by atoms with Gasteiger partial charge in [-0.05, 0) is 12.5 Å². The number of hydrogen-bond donors (Lipinski definition) is 1. The van der Waals surface area contributed by atoms with E-state index in [0.29, 0.717) is 17.7 Å². The third kappa shape index (κ3) is 1.84. The molecule has 0 aliphatic carbocycles. The van der Waals surface area contributed by atoms with Gasteiger partial charge in [-0.3, -0.25) is 9.36 Å². The molecule has 0 spiro atoms. The first-order valence-corrected chi connectivity index (χ1v) is 5.35. The van der Waals surface area contributed by atoms with Gasteiger partial charge in [0.15, 0.2) is 0 Å². The lowest BCUT2D eigenvalue weighted by molar-refractivity contribution is -0.146. The predicted octanol–water partition coefficient (Wildman–Crippen LogP) is 1.07. The van der Waals surface area contributed by atoms with Crippen LogP contribution in [0.1, 0.15) is 25.1 Å². The molecule has 2 rings (SSSR count). The monoisotopic (exact) mass is 235 g/mol. The minimum absolute atomic E-state index is 0.119. The molecule has 1 aromatic rings. The minimum atomic E-state index is -0.662. The Morgan fingerprint density at radius 2 is 2.35 bits per heavy atom. The largest absolute Gasteiger partial charge is 0.508 e. The lowest BCUT2D eigenvalue weighted by Gasteiger charge is -2.12. The normalized spacial score (nSPS) is 17.9. The van der Waals surface area contributed by atoms with E-state index in [1.54, 1.807) is 6.92 Å². The van der Waals surface area contributed by atoms with Gasteiger partial charge in [0.2, 0.25) is 0 Å². The highest BCUT2D eigenvalue weighted by atomic mass is 16.5. The molecule has 1 unspecified atom stereocenters. The Labute approximate surface area is 98.0 Å². The molecule has 17 heavy (non-hydrogen) atoms. The molecule has 1 aromatic heterocycles. The second-order valence-corrected chi connectivity index (χ2v) is 3.88. The van der Waals surface area contributed by atoms with Crippen molar-refractivity contribution in [2.45, 2.75) is 19.4 Å². The maximum atomic E-state index is 11.8. The Kier molecular flexibility index (Phi) is 2.75. The quantitative estimate of drug-likeness (QED) is 0.779. The molecule has 5 heteroatoms. The number of fused-ring (bicyclic) bond motifs is 1. The number of hydrogen-bond acceptors (Lipinski definition) is 4. The summed E-state index contributed by atoms with van der Waals surface area (Å²) in [5.41, 5.74) is 0.723. The zero-order chi connectivity index (χ0) is 12.6. The van der Waals surface area contributed by atoms with E-state index in [4.69, 9.17) is 4.74 Å². The van der Waals surface area contributed by atoms with Gasteiger partial charge in [0.05, 0.1) is 12.3 Å². The van der Waals surface area contributed by atoms with Crippen LogP contribution in [0.5, 0.6) is 5.75 Å². The van der Waals surface area contributed by atoms with Gasteiger partial charge in [-0.2, -0.15) is 0 Å². The highest BCUT2D eigenvalue weighted by Crippen LogP contribution is 2.34. The number of aromatic hydroxyl groups is 1. The van der Waals surface area contributed by atoms with E-state index in [1.807, 2.05) is 0 Å². The van der Waals surface area contributed by atoms with Crippen LogP contribution >= 0.6 is 0 Å². The number of allylic oxidation sites excluding steroid dienone is 1. The molecule has 2 heterocycles. The third-order valence-corrected chi connectivity index (χ3v) is 2.73. The van der Waals surface area contributed by atoms with Crippen LogP contribution in [0, 0.1) is 0 Å².